The zero-order valence-corrected chi connectivity index (χ0v) is 14.1. The van der Waals surface area contributed by atoms with Gasteiger partial charge in [0.1, 0.15) is 17.3 Å². The van der Waals surface area contributed by atoms with Crippen molar-refractivity contribution in [2.45, 2.75) is 20.3 Å². The van der Waals surface area contributed by atoms with E-state index >= 15 is 0 Å². The average molecular weight is 320 g/mol. The van der Waals surface area contributed by atoms with Crippen LogP contribution in [0.1, 0.15) is 38.6 Å². The molecule has 0 aliphatic carbocycles. The maximum Gasteiger partial charge on any atom is 0.196 e. The Morgan fingerprint density at radius 2 is 1.67 bits per heavy atom. The molecule has 0 saturated carbocycles. The Bertz CT molecular complexity index is 843. The van der Waals surface area contributed by atoms with Crippen molar-refractivity contribution in [1.82, 2.24) is 0 Å². The number of methoxy groups -OCH3 is 1. The minimum absolute atomic E-state index is 0.0158. The van der Waals surface area contributed by atoms with Gasteiger partial charge in [0.2, 0.25) is 0 Å². The van der Waals surface area contributed by atoms with Crippen LogP contribution in [-0.2, 0) is 6.42 Å². The van der Waals surface area contributed by atoms with Crippen molar-refractivity contribution >= 4 is 5.78 Å². The molecule has 0 radical (unpaired) electrons. The van der Waals surface area contributed by atoms with Crippen LogP contribution < -0.4 is 4.74 Å². The second-order valence-corrected chi connectivity index (χ2v) is 5.80. The van der Waals surface area contributed by atoms with Crippen molar-refractivity contribution in [3.63, 3.8) is 0 Å². The first kappa shape index (κ1) is 16.1. The van der Waals surface area contributed by atoms with Crippen LogP contribution >= 0.6 is 0 Å². The number of carbonyl (C=O) groups is 1. The summed E-state index contributed by atoms with van der Waals surface area (Å²) in [5.41, 5.74) is 3.33. The summed E-state index contributed by atoms with van der Waals surface area (Å²) in [5.74, 6) is 2.23. The third kappa shape index (κ3) is 3.11. The van der Waals surface area contributed by atoms with E-state index in [0.717, 1.165) is 28.4 Å². The molecule has 3 nitrogen and oxygen atoms in total. The summed E-state index contributed by atoms with van der Waals surface area (Å²) in [7, 11) is 1.61. The SMILES string of the molecule is COc1ccc(C(=O)c2c(Cc3ccccc3)oc(C)c2C)cc1. The Morgan fingerprint density at radius 1 is 1.00 bits per heavy atom. The molecule has 0 atom stereocenters. The lowest BCUT2D eigenvalue weighted by molar-refractivity contribution is 0.103. The lowest BCUT2D eigenvalue weighted by atomic mass is 9.97. The fraction of sp³-hybridized carbons (Fsp3) is 0.190. The number of ketones is 1. The first-order valence-corrected chi connectivity index (χ1v) is 7.91. The van der Waals surface area contributed by atoms with E-state index in [0.29, 0.717) is 17.5 Å². The molecule has 0 fully saturated rings. The van der Waals surface area contributed by atoms with Gasteiger partial charge in [0, 0.05) is 17.5 Å². The smallest absolute Gasteiger partial charge is 0.196 e. The van der Waals surface area contributed by atoms with Gasteiger partial charge in [-0.2, -0.15) is 0 Å². The van der Waals surface area contributed by atoms with Gasteiger partial charge in [0.15, 0.2) is 5.78 Å². The molecule has 3 heteroatoms. The molecule has 0 saturated heterocycles. The molecule has 0 unspecified atom stereocenters. The molecule has 0 N–H and O–H groups in total. The van der Waals surface area contributed by atoms with E-state index in [9.17, 15) is 4.79 Å². The van der Waals surface area contributed by atoms with E-state index in [2.05, 4.69) is 0 Å². The zero-order chi connectivity index (χ0) is 17.1. The molecule has 1 heterocycles. The van der Waals surface area contributed by atoms with Gasteiger partial charge >= 0.3 is 0 Å². The van der Waals surface area contributed by atoms with Crippen molar-refractivity contribution in [1.29, 1.82) is 0 Å². The lowest BCUT2D eigenvalue weighted by Gasteiger charge is -2.05. The number of hydrogen-bond acceptors (Lipinski definition) is 3. The Hall–Kier alpha value is -2.81. The van der Waals surface area contributed by atoms with Crippen LogP contribution in [0, 0.1) is 13.8 Å². The number of carbonyl (C=O) groups excluding carboxylic acids is 1. The van der Waals surface area contributed by atoms with Crippen LogP contribution in [0.3, 0.4) is 0 Å². The molecule has 3 aromatic rings. The summed E-state index contributed by atoms with van der Waals surface area (Å²) >= 11 is 0. The average Bonchev–Trinajstić information content (AvgIpc) is 2.89. The van der Waals surface area contributed by atoms with Crippen molar-refractivity contribution in [2.24, 2.45) is 0 Å². The monoisotopic (exact) mass is 320 g/mol. The summed E-state index contributed by atoms with van der Waals surface area (Å²) in [4.78, 5) is 13.0. The Balaban J connectivity index is 1.98. The Labute approximate surface area is 141 Å². The van der Waals surface area contributed by atoms with Gasteiger partial charge in [-0.05, 0) is 43.7 Å². The maximum atomic E-state index is 13.0. The van der Waals surface area contributed by atoms with Crippen LogP contribution in [-0.4, -0.2) is 12.9 Å². The molecule has 1 aromatic heterocycles. The van der Waals surface area contributed by atoms with E-state index in [-0.39, 0.29) is 5.78 Å². The fourth-order valence-corrected chi connectivity index (χ4v) is 2.79. The van der Waals surface area contributed by atoms with Gasteiger partial charge in [0.05, 0.1) is 12.7 Å². The standard InChI is InChI=1S/C21H20O3/c1-14-15(2)24-19(13-16-7-5-4-6-8-16)20(14)21(22)17-9-11-18(23-3)12-10-17/h4-12H,13H2,1-3H3. The first-order chi connectivity index (χ1) is 11.6. The third-order valence-electron chi connectivity index (χ3n) is 4.25. The molecular weight excluding hydrogens is 300 g/mol. The van der Waals surface area contributed by atoms with Crippen molar-refractivity contribution in [3.8, 4) is 5.75 Å². The van der Waals surface area contributed by atoms with E-state index in [1.54, 1.807) is 31.4 Å². The summed E-state index contributed by atoms with van der Waals surface area (Å²) < 4.78 is 11.0. The molecule has 0 amide bonds. The Kier molecular flexibility index (Phi) is 4.52. The molecule has 122 valence electrons. The topological polar surface area (TPSA) is 39.4 Å². The number of hydrogen-bond donors (Lipinski definition) is 0. The number of furan rings is 1. The third-order valence-corrected chi connectivity index (χ3v) is 4.25. The predicted octanol–water partition coefficient (Wildman–Crippen LogP) is 4.73. The quantitative estimate of drug-likeness (QED) is 0.638. The summed E-state index contributed by atoms with van der Waals surface area (Å²) in [6, 6.07) is 17.2. The molecule has 0 aliphatic rings. The van der Waals surface area contributed by atoms with Gasteiger partial charge in [-0.1, -0.05) is 30.3 Å². The highest BCUT2D eigenvalue weighted by Gasteiger charge is 2.22. The van der Waals surface area contributed by atoms with Crippen molar-refractivity contribution in [2.75, 3.05) is 7.11 Å². The van der Waals surface area contributed by atoms with Crippen LogP contribution in [0.15, 0.2) is 59.0 Å². The first-order valence-electron chi connectivity index (χ1n) is 7.91. The zero-order valence-electron chi connectivity index (χ0n) is 14.1. The van der Waals surface area contributed by atoms with E-state index in [4.69, 9.17) is 9.15 Å². The van der Waals surface area contributed by atoms with E-state index in [1.165, 1.54) is 0 Å². The van der Waals surface area contributed by atoms with E-state index < -0.39 is 0 Å². The molecule has 0 aliphatic heterocycles. The fourth-order valence-electron chi connectivity index (χ4n) is 2.79. The predicted molar refractivity (Wildman–Crippen MR) is 93.9 cm³/mol. The highest BCUT2D eigenvalue weighted by atomic mass is 16.5. The maximum absolute atomic E-state index is 13.0. The van der Waals surface area contributed by atoms with Crippen LogP contribution in [0.4, 0.5) is 0 Å². The summed E-state index contributed by atoms with van der Waals surface area (Å²) in [6.45, 7) is 3.83. The number of ether oxygens (including phenoxy) is 1. The van der Waals surface area contributed by atoms with Gasteiger partial charge in [-0.15, -0.1) is 0 Å². The molecule has 3 rings (SSSR count). The van der Waals surface area contributed by atoms with Crippen LogP contribution in [0.5, 0.6) is 5.75 Å². The largest absolute Gasteiger partial charge is 0.497 e. The highest BCUT2D eigenvalue weighted by molar-refractivity contribution is 6.10. The molecular formula is C21H20O3. The van der Waals surface area contributed by atoms with E-state index in [1.807, 2.05) is 44.2 Å². The van der Waals surface area contributed by atoms with Gasteiger partial charge in [-0.3, -0.25) is 4.79 Å². The number of aryl methyl sites for hydroxylation is 1. The molecule has 0 bridgehead atoms. The second-order valence-electron chi connectivity index (χ2n) is 5.80. The minimum atomic E-state index is -0.0158. The second kappa shape index (κ2) is 6.75. The summed E-state index contributed by atoms with van der Waals surface area (Å²) in [5, 5.41) is 0. The minimum Gasteiger partial charge on any atom is -0.497 e. The highest BCUT2D eigenvalue weighted by Crippen LogP contribution is 2.27. The number of rotatable bonds is 5. The number of benzene rings is 2. The van der Waals surface area contributed by atoms with Crippen molar-refractivity contribution in [3.05, 3.63) is 88.4 Å². The van der Waals surface area contributed by atoms with Gasteiger partial charge < -0.3 is 9.15 Å². The molecule has 0 spiro atoms. The lowest BCUT2D eigenvalue weighted by Crippen LogP contribution is -2.05. The molecule has 2 aromatic carbocycles. The Morgan fingerprint density at radius 3 is 2.29 bits per heavy atom. The van der Waals surface area contributed by atoms with Gasteiger partial charge in [0.25, 0.3) is 0 Å². The van der Waals surface area contributed by atoms with Crippen molar-refractivity contribution < 1.29 is 13.9 Å². The normalized spacial score (nSPS) is 10.6. The van der Waals surface area contributed by atoms with Crippen LogP contribution in [0.25, 0.3) is 0 Å². The summed E-state index contributed by atoms with van der Waals surface area (Å²) in [6.07, 6.45) is 0.604. The van der Waals surface area contributed by atoms with Crippen LogP contribution in [0.2, 0.25) is 0 Å². The molecule has 24 heavy (non-hydrogen) atoms. The van der Waals surface area contributed by atoms with Gasteiger partial charge in [-0.25, -0.2) is 0 Å².